The largest absolute Gasteiger partial charge is 0.410 e. The molecule has 0 aromatic carbocycles. The van der Waals surface area contributed by atoms with Gasteiger partial charge in [0.25, 0.3) is 11.1 Å². The lowest BCUT2D eigenvalue weighted by molar-refractivity contribution is -0.120. The van der Waals surface area contributed by atoms with Crippen molar-refractivity contribution in [3.63, 3.8) is 0 Å². The van der Waals surface area contributed by atoms with Crippen LogP contribution < -0.4 is 5.32 Å². The molecule has 2 heterocycles. The molecule has 22 heavy (non-hydrogen) atoms. The molecular weight excluding hydrogens is 320 g/mol. The SMILES string of the molecule is Cc1nc(C)c(-c2nnc(SC(C)C(=O)NCC(C)C)o2)s1. The highest BCUT2D eigenvalue weighted by Crippen LogP contribution is 2.31. The van der Waals surface area contributed by atoms with Gasteiger partial charge in [-0.3, -0.25) is 4.79 Å². The molecule has 1 amide bonds. The van der Waals surface area contributed by atoms with Crippen LogP contribution in [0.15, 0.2) is 9.64 Å². The lowest BCUT2D eigenvalue weighted by Crippen LogP contribution is -2.33. The molecule has 6 nitrogen and oxygen atoms in total. The number of thioether (sulfide) groups is 1. The lowest BCUT2D eigenvalue weighted by atomic mass is 10.2. The molecule has 1 atom stereocenters. The summed E-state index contributed by atoms with van der Waals surface area (Å²) in [7, 11) is 0. The zero-order valence-electron chi connectivity index (χ0n) is 13.3. The lowest BCUT2D eigenvalue weighted by Gasteiger charge is -2.11. The minimum Gasteiger partial charge on any atom is -0.410 e. The summed E-state index contributed by atoms with van der Waals surface area (Å²) in [6.45, 7) is 10.5. The fourth-order valence-corrected chi connectivity index (χ4v) is 3.28. The molecule has 2 rings (SSSR count). The zero-order valence-corrected chi connectivity index (χ0v) is 15.0. The molecule has 0 fully saturated rings. The van der Waals surface area contributed by atoms with E-state index in [0.29, 0.717) is 23.6 Å². The number of aryl methyl sites for hydroxylation is 2. The molecule has 0 aliphatic carbocycles. The number of amides is 1. The van der Waals surface area contributed by atoms with Crippen LogP contribution in [-0.2, 0) is 4.79 Å². The fourth-order valence-electron chi connectivity index (χ4n) is 1.73. The van der Waals surface area contributed by atoms with E-state index in [1.54, 1.807) is 0 Å². The van der Waals surface area contributed by atoms with Crippen LogP contribution in [0.5, 0.6) is 0 Å². The van der Waals surface area contributed by atoms with E-state index in [1.165, 1.54) is 23.1 Å². The van der Waals surface area contributed by atoms with Crippen LogP contribution >= 0.6 is 23.1 Å². The van der Waals surface area contributed by atoms with Crippen molar-refractivity contribution in [1.29, 1.82) is 0 Å². The maximum Gasteiger partial charge on any atom is 0.277 e. The number of rotatable bonds is 6. The maximum absolute atomic E-state index is 12.0. The maximum atomic E-state index is 12.0. The van der Waals surface area contributed by atoms with Crippen molar-refractivity contribution < 1.29 is 9.21 Å². The van der Waals surface area contributed by atoms with Gasteiger partial charge in [-0.05, 0) is 26.7 Å². The van der Waals surface area contributed by atoms with E-state index >= 15 is 0 Å². The molecule has 120 valence electrons. The monoisotopic (exact) mass is 340 g/mol. The highest BCUT2D eigenvalue weighted by atomic mass is 32.2. The van der Waals surface area contributed by atoms with Crippen molar-refractivity contribution >= 4 is 29.0 Å². The van der Waals surface area contributed by atoms with Gasteiger partial charge in [0, 0.05) is 6.54 Å². The second-order valence-electron chi connectivity index (χ2n) is 5.42. The predicted octanol–water partition coefficient (Wildman–Crippen LogP) is 3.06. The van der Waals surface area contributed by atoms with Crippen molar-refractivity contribution in [2.45, 2.75) is 45.1 Å². The van der Waals surface area contributed by atoms with Gasteiger partial charge in [0.2, 0.25) is 5.91 Å². The van der Waals surface area contributed by atoms with Gasteiger partial charge >= 0.3 is 0 Å². The number of carbonyl (C=O) groups excluding carboxylic acids is 1. The van der Waals surface area contributed by atoms with Crippen LogP contribution in [0.3, 0.4) is 0 Å². The molecule has 8 heteroatoms. The summed E-state index contributed by atoms with van der Waals surface area (Å²) < 4.78 is 5.64. The summed E-state index contributed by atoms with van der Waals surface area (Å²) in [5.74, 6) is 0.859. The van der Waals surface area contributed by atoms with Crippen molar-refractivity contribution in [3.8, 4) is 10.8 Å². The molecule has 0 saturated carbocycles. The molecular formula is C14H20N4O2S2. The van der Waals surface area contributed by atoms with Crippen LogP contribution in [0.25, 0.3) is 10.8 Å². The van der Waals surface area contributed by atoms with Crippen LogP contribution in [-0.4, -0.2) is 32.9 Å². The number of nitrogens with one attached hydrogen (secondary N) is 1. The van der Waals surface area contributed by atoms with E-state index in [-0.39, 0.29) is 11.2 Å². The number of hydrogen-bond donors (Lipinski definition) is 1. The molecule has 0 radical (unpaired) electrons. The summed E-state index contributed by atoms with van der Waals surface area (Å²) in [4.78, 5) is 17.2. The third-order valence-electron chi connectivity index (χ3n) is 2.84. The Bertz CT molecular complexity index is 651. The van der Waals surface area contributed by atoms with Gasteiger partial charge in [-0.25, -0.2) is 4.98 Å². The standard InChI is InChI=1S/C14H20N4O2S2/c1-7(2)6-15-12(19)9(4)21-14-18-17-13(20-14)11-8(3)16-10(5)22-11/h7,9H,6H2,1-5H3,(H,15,19). The van der Waals surface area contributed by atoms with E-state index in [4.69, 9.17) is 4.42 Å². The van der Waals surface area contributed by atoms with E-state index in [1.807, 2.05) is 20.8 Å². The normalized spacial score (nSPS) is 12.6. The molecule has 0 saturated heterocycles. The highest BCUT2D eigenvalue weighted by Gasteiger charge is 2.20. The number of aromatic nitrogens is 3. The van der Waals surface area contributed by atoms with E-state index in [9.17, 15) is 4.79 Å². The van der Waals surface area contributed by atoms with Crippen molar-refractivity contribution in [2.75, 3.05) is 6.54 Å². The van der Waals surface area contributed by atoms with Gasteiger partial charge in [-0.15, -0.1) is 21.5 Å². The first-order chi connectivity index (χ1) is 10.4. The minimum absolute atomic E-state index is 0.0248. The first kappa shape index (κ1) is 17.0. The number of nitrogens with zero attached hydrogens (tertiary/aromatic N) is 3. The Morgan fingerprint density at radius 3 is 2.64 bits per heavy atom. The highest BCUT2D eigenvalue weighted by molar-refractivity contribution is 8.00. The average molecular weight is 340 g/mol. The average Bonchev–Trinajstić information content (AvgIpc) is 3.02. The second-order valence-corrected chi connectivity index (χ2v) is 7.91. The molecule has 1 N–H and O–H groups in total. The first-order valence-electron chi connectivity index (χ1n) is 7.09. The summed E-state index contributed by atoms with van der Waals surface area (Å²) in [5, 5.41) is 12.0. The Balaban J connectivity index is 2.00. The summed E-state index contributed by atoms with van der Waals surface area (Å²) in [5.41, 5.74) is 0.880. The Hall–Kier alpha value is -1.41. The molecule has 1 unspecified atom stereocenters. The van der Waals surface area contributed by atoms with Gasteiger partial charge in [-0.1, -0.05) is 25.6 Å². The molecule has 0 aliphatic rings. The summed E-state index contributed by atoms with van der Waals surface area (Å²) >= 11 is 2.78. The molecule has 2 aromatic heterocycles. The van der Waals surface area contributed by atoms with Gasteiger partial charge in [0.05, 0.1) is 16.0 Å². The third-order valence-corrected chi connectivity index (χ3v) is 4.83. The van der Waals surface area contributed by atoms with Crippen LogP contribution in [0.4, 0.5) is 0 Å². The molecule has 0 bridgehead atoms. The van der Waals surface area contributed by atoms with Gasteiger partial charge in [-0.2, -0.15) is 0 Å². The molecule has 2 aromatic rings. The van der Waals surface area contributed by atoms with E-state index < -0.39 is 0 Å². The zero-order chi connectivity index (χ0) is 16.3. The summed E-state index contributed by atoms with van der Waals surface area (Å²) in [6.07, 6.45) is 0. The molecule has 0 spiro atoms. The van der Waals surface area contributed by atoms with Gasteiger partial charge in [0.15, 0.2) is 0 Å². The smallest absolute Gasteiger partial charge is 0.277 e. The topological polar surface area (TPSA) is 80.9 Å². The van der Waals surface area contributed by atoms with Crippen molar-refractivity contribution in [3.05, 3.63) is 10.7 Å². The molecule has 0 aliphatic heterocycles. The Morgan fingerprint density at radius 2 is 2.05 bits per heavy atom. The van der Waals surface area contributed by atoms with Crippen LogP contribution in [0, 0.1) is 19.8 Å². The Labute approximate surface area is 138 Å². The van der Waals surface area contributed by atoms with Crippen molar-refractivity contribution in [2.24, 2.45) is 5.92 Å². The quantitative estimate of drug-likeness (QED) is 0.814. The van der Waals surface area contributed by atoms with E-state index in [0.717, 1.165) is 15.6 Å². The summed E-state index contributed by atoms with van der Waals surface area (Å²) in [6, 6.07) is 0. The van der Waals surface area contributed by atoms with Crippen LogP contribution in [0.1, 0.15) is 31.5 Å². The third kappa shape index (κ3) is 4.30. The number of carbonyl (C=O) groups is 1. The number of thiazole rings is 1. The van der Waals surface area contributed by atoms with Gasteiger partial charge in [0.1, 0.15) is 4.88 Å². The van der Waals surface area contributed by atoms with Crippen LogP contribution in [0.2, 0.25) is 0 Å². The Morgan fingerprint density at radius 1 is 1.32 bits per heavy atom. The number of hydrogen-bond acceptors (Lipinski definition) is 7. The van der Waals surface area contributed by atoms with Crippen molar-refractivity contribution in [1.82, 2.24) is 20.5 Å². The second kappa shape index (κ2) is 7.23. The van der Waals surface area contributed by atoms with Gasteiger partial charge < -0.3 is 9.73 Å². The predicted molar refractivity (Wildman–Crippen MR) is 88.0 cm³/mol. The minimum atomic E-state index is -0.281. The van der Waals surface area contributed by atoms with E-state index in [2.05, 4.69) is 34.3 Å². The fraction of sp³-hybridized carbons (Fsp3) is 0.571. The Kier molecular flexibility index (Phi) is 5.57. The first-order valence-corrected chi connectivity index (χ1v) is 8.78.